The molecule has 2 aromatic heterocycles. The Morgan fingerprint density at radius 1 is 1.06 bits per heavy atom. The molecule has 1 saturated heterocycles. The van der Waals surface area contributed by atoms with Gasteiger partial charge in [0.05, 0.1) is 5.69 Å². The minimum Gasteiger partial charge on any atom is -0.484 e. The van der Waals surface area contributed by atoms with Gasteiger partial charge >= 0.3 is 0 Å². The Hall–Kier alpha value is -4.08. The third-order valence-electron chi connectivity index (χ3n) is 5.48. The van der Waals surface area contributed by atoms with Gasteiger partial charge < -0.3 is 14.2 Å². The molecule has 162 valence electrons. The Balaban J connectivity index is 1.11. The molecule has 0 radical (unpaired) electrons. The fraction of sp³-hybridized carbons (Fsp3) is 0.273. The molecule has 1 fully saturated rings. The summed E-state index contributed by atoms with van der Waals surface area (Å²) in [5.41, 5.74) is 1.74. The lowest BCUT2D eigenvalue weighted by Gasteiger charge is -2.30. The van der Waals surface area contributed by atoms with Crippen LogP contribution in [0.4, 0.5) is 0 Å². The first kappa shape index (κ1) is 19.9. The van der Waals surface area contributed by atoms with Gasteiger partial charge in [-0.05, 0) is 47.5 Å². The summed E-state index contributed by atoms with van der Waals surface area (Å²) in [5, 5.41) is 15.2. The van der Waals surface area contributed by atoms with E-state index in [1.807, 2.05) is 47.4 Å². The van der Waals surface area contributed by atoms with E-state index in [9.17, 15) is 4.79 Å². The summed E-state index contributed by atoms with van der Waals surface area (Å²) in [4.78, 5) is 19.0. The van der Waals surface area contributed by atoms with Crippen LogP contribution in [0.1, 0.15) is 24.7 Å². The van der Waals surface area contributed by atoms with Crippen molar-refractivity contribution in [3.63, 3.8) is 0 Å². The van der Waals surface area contributed by atoms with Crippen molar-refractivity contribution in [3.8, 4) is 22.8 Å². The number of rotatable bonds is 6. The monoisotopic (exact) mass is 431 g/mol. The largest absolute Gasteiger partial charge is 0.484 e. The van der Waals surface area contributed by atoms with Gasteiger partial charge in [-0.1, -0.05) is 35.5 Å². The molecular weight excluding hydrogens is 410 g/mol. The van der Waals surface area contributed by atoms with E-state index in [0.717, 1.165) is 24.1 Å². The average molecular weight is 431 g/mol. The number of benzene rings is 2. The second kappa shape index (κ2) is 8.96. The number of ether oxygens (including phenoxy) is 1. The second-order valence-corrected chi connectivity index (χ2v) is 7.51. The standard InChI is InChI=1S/C22H21N7O3/c30-20(14-31-19-8-6-18(7-9-19)29-15-23-26-27-29)28-12-10-17(11-13-28)22-24-21(25-32-22)16-4-2-1-3-5-16/h1-9,15,17H,10-14H2. The smallest absolute Gasteiger partial charge is 0.260 e. The SMILES string of the molecule is O=C(COc1ccc(-n2cnnn2)cc1)N1CCC(c2nc(-c3ccccc3)no2)CC1. The Morgan fingerprint density at radius 3 is 2.56 bits per heavy atom. The van der Waals surface area contributed by atoms with Crippen molar-refractivity contribution in [1.82, 2.24) is 35.2 Å². The number of tetrazole rings is 1. The highest BCUT2D eigenvalue weighted by Gasteiger charge is 2.27. The maximum Gasteiger partial charge on any atom is 0.260 e. The van der Waals surface area contributed by atoms with Crippen molar-refractivity contribution < 1.29 is 14.1 Å². The fourth-order valence-corrected chi connectivity index (χ4v) is 3.69. The first-order valence-electron chi connectivity index (χ1n) is 10.4. The van der Waals surface area contributed by atoms with Crippen LogP contribution < -0.4 is 4.74 Å². The van der Waals surface area contributed by atoms with Gasteiger partial charge in [-0.2, -0.15) is 4.98 Å². The normalized spacial score (nSPS) is 14.4. The van der Waals surface area contributed by atoms with Crippen molar-refractivity contribution in [3.05, 3.63) is 66.8 Å². The van der Waals surface area contributed by atoms with Gasteiger partial charge in [0.2, 0.25) is 11.7 Å². The van der Waals surface area contributed by atoms with Crippen molar-refractivity contribution in [1.29, 1.82) is 0 Å². The van der Waals surface area contributed by atoms with Crippen LogP contribution in [-0.4, -0.2) is 60.9 Å². The van der Waals surface area contributed by atoms with Crippen LogP contribution in [0.5, 0.6) is 5.75 Å². The Bertz CT molecular complexity index is 1150. The quantitative estimate of drug-likeness (QED) is 0.458. The maximum absolute atomic E-state index is 12.6. The van der Waals surface area contributed by atoms with E-state index in [4.69, 9.17) is 9.26 Å². The molecule has 0 unspecified atom stereocenters. The summed E-state index contributed by atoms with van der Waals surface area (Å²) >= 11 is 0. The van der Waals surface area contributed by atoms with E-state index < -0.39 is 0 Å². The first-order chi connectivity index (χ1) is 15.8. The number of nitrogens with zero attached hydrogens (tertiary/aromatic N) is 7. The van der Waals surface area contributed by atoms with Crippen LogP contribution in [0.15, 0.2) is 65.4 Å². The number of likely N-dealkylation sites (tertiary alicyclic amines) is 1. The molecule has 0 saturated carbocycles. The Morgan fingerprint density at radius 2 is 1.84 bits per heavy atom. The van der Waals surface area contributed by atoms with Crippen LogP contribution in [0.2, 0.25) is 0 Å². The molecule has 0 atom stereocenters. The molecule has 1 aliphatic heterocycles. The van der Waals surface area contributed by atoms with Gasteiger partial charge in [-0.15, -0.1) is 5.10 Å². The molecular formula is C22H21N7O3. The van der Waals surface area contributed by atoms with E-state index in [-0.39, 0.29) is 18.4 Å². The van der Waals surface area contributed by atoms with E-state index in [1.54, 1.807) is 16.8 Å². The molecule has 0 spiro atoms. The molecule has 1 amide bonds. The van der Waals surface area contributed by atoms with Crippen LogP contribution in [0.3, 0.4) is 0 Å². The van der Waals surface area contributed by atoms with Gasteiger partial charge in [0.1, 0.15) is 12.1 Å². The molecule has 0 bridgehead atoms. The molecule has 0 aliphatic carbocycles. The molecule has 10 nitrogen and oxygen atoms in total. The highest BCUT2D eigenvalue weighted by atomic mass is 16.5. The zero-order valence-electron chi connectivity index (χ0n) is 17.2. The summed E-state index contributed by atoms with van der Waals surface area (Å²) in [7, 11) is 0. The molecule has 3 heterocycles. The highest BCUT2D eigenvalue weighted by molar-refractivity contribution is 5.77. The highest BCUT2D eigenvalue weighted by Crippen LogP contribution is 2.28. The molecule has 10 heteroatoms. The van der Waals surface area contributed by atoms with Gasteiger partial charge in [0, 0.05) is 24.6 Å². The second-order valence-electron chi connectivity index (χ2n) is 7.51. The van der Waals surface area contributed by atoms with Gasteiger partial charge in [0.25, 0.3) is 5.91 Å². The minimum absolute atomic E-state index is 0.00634. The van der Waals surface area contributed by atoms with Crippen LogP contribution >= 0.6 is 0 Å². The van der Waals surface area contributed by atoms with Crippen molar-refractivity contribution >= 4 is 5.91 Å². The zero-order valence-corrected chi connectivity index (χ0v) is 17.2. The average Bonchev–Trinajstić information content (AvgIpc) is 3.57. The van der Waals surface area contributed by atoms with Crippen molar-refractivity contribution in [2.24, 2.45) is 0 Å². The molecule has 0 N–H and O–H groups in total. The van der Waals surface area contributed by atoms with Crippen molar-refractivity contribution in [2.45, 2.75) is 18.8 Å². The van der Waals surface area contributed by atoms with Gasteiger partial charge in [0.15, 0.2) is 6.61 Å². The molecule has 1 aliphatic rings. The van der Waals surface area contributed by atoms with Crippen LogP contribution in [0.25, 0.3) is 17.1 Å². The number of carbonyl (C=O) groups is 1. The summed E-state index contributed by atoms with van der Waals surface area (Å²) in [6.07, 6.45) is 3.07. The number of piperidine rings is 1. The predicted molar refractivity (Wildman–Crippen MR) is 113 cm³/mol. The number of amides is 1. The molecule has 5 rings (SSSR count). The van der Waals surface area contributed by atoms with Gasteiger partial charge in [-0.3, -0.25) is 4.79 Å². The first-order valence-corrected chi connectivity index (χ1v) is 10.4. The third kappa shape index (κ3) is 4.34. The molecule has 2 aromatic carbocycles. The third-order valence-corrected chi connectivity index (χ3v) is 5.48. The number of hydrogen-bond acceptors (Lipinski definition) is 8. The number of aromatic nitrogens is 6. The fourth-order valence-electron chi connectivity index (χ4n) is 3.69. The Kier molecular flexibility index (Phi) is 5.56. The summed E-state index contributed by atoms with van der Waals surface area (Å²) < 4.78 is 12.7. The molecule has 32 heavy (non-hydrogen) atoms. The van der Waals surface area contributed by atoms with Gasteiger partial charge in [-0.25, -0.2) is 4.68 Å². The lowest BCUT2D eigenvalue weighted by molar-refractivity contribution is -0.134. The van der Waals surface area contributed by atoms with Crippen LogP contribution in [0, 0.1) is 0 Å². The number of carbonyl (C=O) groups excluding carboxylic acids is 1. The topological polar surface area (TPSA) is 112 Å². The van der Waals surface area contributed by atoms with E-state index in [0.29, 0.717) is 30.6 Å². The predicted octanol–water partition coefficient (Wildman–Crippen LogP) is 2.50. The van der Waals surface area contributed by atoms with Crippen LogP contribution in [-0.2, 0) is 4.79 Å². The summed E-state index contributed by atoms with van der Waals surface area (Å²) in [6.45, 7) is 1.26. The number of hydrogen-bond donors (Lipinski definition) is 0. The lowest BCUT2D eigenvalue weighted by atomic mass is 9.97. The van der Waals surface area contributed by atoms with E-state index in [1.165, 1.54) is 6.33 Å². The minimum atomic E-state index is -0.0384. The lowest BCUT2D eigenvalue weighted by Crippen LogP contribution is -2.40. The van der Waals surface area contributed by atoms with E-state index >= 15 is 0 Å². The summed E-state index contributed by atoms with van der Waals surface area (Å²) in [6, 6.07) is 17.0. The zero-order chi connectivity index (χ0) is 21.8. The summed E-state index contributed by atoms with van der Waals surface area (Å²) in [5.74, 6) is 1.96. The molecule has 4 aromatic rings. The van der Waals surface area contributed by atoms with Crippen molar-refractivity contribution in [2.75, 3.05) is 19.7 Å². The van der Waals surface area contributed by atoms with E-state index in [2.05, 4.69) is 25.7 Å². The maximum atomic E-state index is 12.6. The Labute approximate surface area is 183 Å².